The summed E-state index contributed by atoms with van der Waals surface area (Å²) in [6, 6.07) is 7.28. The summed E-state index contributed by atoms with van der Waals surface area (Å²) in [5.74, 6) is -0.308. The van der Waals surface area contributed by atoms with Crippen molar-refractivity contribution >= 4 is 21.4 Å². The number of rotatable bonds is 6. The number of hydrogen-bond donors (Lipinski definition) is 2. The van der Waals surface area contributed by atoms with Crippen LogP contribution in [-0.4, -0.2) is 14.5 Å². The lowest BCUT2D eigenvalue weighted by molar-refractivity contribution is 0.559. The van der Waals surface area contributed by atoms with Crippen LogP contribution in [0.2, 0.25) is 0 Å². The molecule has 0 aliphatic rings. The molecule has 0 saturated carbocycles. The van der Waals surface area contributed by atoms with Gasteiger partial charge in [0.2, 0.25) is 10.0 Å². The van der Waals surface area contributed by atoms with E-state index in [0.717, 1.165) is 5.56 Å². The normalized spacial score (nSPS) is 13.3. The van der Waals surface area contributed by atoms with Gasteiger partial charge in [-0.15, -0.1) is 11.3 Å². The molecule has 1 aromatic carbocycles. The number of nitrogens with one attached hydrogen (secondary N) is 1. The summed E-state index contributed by atoms with van der Waals surface area (Å²) in [5.41, 5.74) is 6.41. The Hall–Kier alpha value is -1.28. The molecule has 114 valence electrons. The Morgan fingerprint density at radius 1 is 1.29 bits per heavy atom. The van der Waals surface area contributed by atoms with Gasteiger partial charge in [0, 0.05) is 17.5 Å². The average molecular weight is 328 g/mol. The Morgan fingerprint density at radius 2 is 1.95 bits per heavy atom. The Balaban J connectivity index is 2.08. The van der Waals surface area contributed by atoms with Crippen LogP contribution < -0.4 is 10.5 Å². The number of thiophene rings is 1. The molecule has 1 atom stereocenters. The molecule has 0 fully saturated rings. The minimum Gasteiger partial charge on any atom is -0.326 e. The third-order valence-electron chi connectivity index (χ3n) is 2.99. The molecule has 0 aliphatic carbocycles. The van der Waals surface area contributed by atoms with Gasteiger partial charge in [0.25, 0.3) is 0 Å². The van der Waals surface area contributed by atoms with Crippen molar-refractivity contribution in [2.24, 2.45) is 5.73 Å². The number of hydrogen-bond acceptors (Lipinski definition) is 4. The summed E-state index contributed by atoms with van der Waals surface area (Å²) in [7, 11) is -3.58. The van der Waals surface area contributed by atoms with E-state index in [1.165, 1.54) is 23.5 Å². The molecule has 0 aliphatic heterocycles. The van der Waals surface area contributed by atoms with Crippen LogP contribution in [0, 0.1) is 5.82 Å². The van der Waals surface area contributed by atoms with Gasteiger partial charge in [-0.05, 0) is 42.5 Å². The molecule has 0 bridgehead atoms. The lowest BCUT2D eigenvalue weighted by atomic mass is 10.1. The second-order valence-electron chi connectivity index (χ2n) is 4.77. The van der Waals surface area contributed by atoms with Gasteiger partial charge < -0.3 is 5.73 Å². The predicted octanol–water partition coefficient (Wildman–Crippen LogP) is 2.26. The molecule has 1 aromatic heterocycles. The number of benzene rings is 1. The fourth-order valence-electron chi connectivity index (χ4n) is 2.06. The first-order valence-electron chi connectivity index (χ1n) is 6.45. The Labute approximate surface area is 127 Å². The molecule has 0 spiro atoms. The van der Waals surface area contributed by atoms with Crippen LogP contribution in [0.3, 0.4) is 0 Å². The van der Waals surface area contributed by atoms with E-state index in [0.29, 0.717) is 11.3 Å². The van der Waals surface area contributed by atoms with Crippen LogP contribution in [0.25, 0.3) is 0 Å². The van der Waals surface area contributed by atoms with Gasteiger partial charge in [-0.25, -0.2) is 17.5 Å². The number of sulfonamides is 1. The monoisotopic (exact) mass is 328 g/mol. The third kappa shape index (κ3) is 4.10. The Bertz CT molecular complexity index is 696. The molecule has 0 saturated heterocycles. The van der Waals surface area contributed by atoms with Gasteiger partial charge in [-0.3, -0.25) is 0 Å². The van der Waals surface area contributed by atoms with Crippen molar-refractivity contribution < 1.29 is 12.8 Å². The van der Waals surface area contributed by atoms with E-state index < -0.39 is 10.0 Å². The molecule has 21 heavy (non-hydrogen) atoms. The fraction of sp³-hybridized carbons (Fsp3) is 0.286. The second-order valence-corrected chi connectivity index (χ2v) is 7.45. The van der Waals surface area contributed by atoms with E-state index in [-0.39, 0.29) is 23.3 Å². The zero-order valence-electron chi connectivity index (χ0n) is 11.5. The highest BCUT2D eigenvalue weighted by Crippen LogP contribution is 2.21. The topological polar surface area (TPSA) is 72.2 Å². The zero-order valence-corrected chi connectivity index (χ0v) is 13.2. The van der Waals surface area contributed by atoms with Gasteiger partial charge in [0.15, 0.2) is 0 Å². The van der Waals surface area contributed by atoms with E-state index in [1.807, 2.05) is 0 Å². The van der Waals surface area contributed by atoms with Crippen molar-refractivity contribution in [1.29, 1.82) is 0 Å². The smallest absolute Gasteiger partial charge is 0.241 e. The maximum Gasteiger partial charge on any atom is 0.241 e. The van der Waals surface area contributed by atoms with Gasteiger partial charge in [-0.2, -0.15) is 0 Å². The standard InChI is InChI=1S/C14H17FN2O2S2/c1-10(8-11-2-4-12(15)5-3-11)17-21(18,19)14-6-7-20-13(14)9-16/h2-7,10,17H,8-9,16H2,1H3. The van der Waals surface area contributed by atoms with E-state index >= 15 is 0 Å². The van der Waals surface area contributed by atoms with Gasteiger partial charge in [0.1, 0.15) is 5.82 Å². The molecule has 3 N–H and O–H groups in total. The van der Waals surface area contributed by atoms with Crippen molar-refractivity contribution in [3.63, 3.8) is 0 Å². The Kier molecular flexibility index (Phi) is 5.10. The summed E-state index contributed by atoms with van der Waals surface area (Å²) in [6.07, 6.45) is 0.488. The van der Waals surface area contributed by atoms with Crippen molar-refractivity contribution in [1.82, 2.24) is 4.72 Å². The highest BCUT2D eigenvalue weighted by molar-refractivity contribution is 7.89. The molecule has 2 rings (SSSR count). The fourth-order valence-corrected chi connectivity index (χ4v) is 4.64. The van der Waals surface area contributed by atoms with E-state index in [1.54, 1.807) is 30.5 Å². The summed E-state index contributed by atoms with van der Waals surface area (Å²) >= 11 is 1.32. The minimum atomic E-state index is -3.58. The van der Waals surface area contributed by atoms with Crippen molar-refractivity contribution in [2.75, 3.05) is 0 Å². The average Bonchev–Trinajstić information content (AvgIpc) is 2.90. The summed E-state index contributed by atoms with van der Waals surface area (Å²) in [4.78, 5) is 0.873. The molecule has 1 unspecified atom stereocenters. The largest absolute Gasteiger partial charge is 0.326 e. The van der Waals surface area contributed by atoms with Crippen molar-refractivity contribution in [3.05, 3.63) is 52.0 Å². The SMILES string of the molecule is CC(Cc1ccc(F)cc1)NS(=O)(=O)c1ccsc1CN. The van der Waals surface area contributed by atoms with Gasteiger partial charge >= 0.3 is 0 Å². The quantitative estimate of drug-likeness (QED) is 0.854. The molecular formula is C14H17FN2O2S2. The second kappa shape index (κ2) is 6.65. The van der Waals surface area contributed by atoms with Crippen LogP contribution in [0.1, 0.15) is 17.4 Å². The zero-order chi connectivity index (χ0) is 15.5. The van der Waals surface area contributed by atoms with Crippen molar-refractivity contribution in [2.45, 2.75) is 30.8 Å². The third-order valence-corrected chi connectivity index (χ3v) is 5.74. The van der Waals surface area contributed by atoms with Crippen LogP contribution in [0.4, 0.5) is 4.39 Å². The van der Waals surface area contributed by atoms with E-state index in [4.69, 9.17) is 5.73 Å². The van der Waals surface area contributed by atoms with Gasteiger partial charge in [-0.1, -0.05) is 12.1 Å². The summed E-state index contributed by atoms with van der Waals surface area (Å²) in [5, 5.41) is 1.71. The minimum absolute atomic E-state index is 0.195. The highest BCUT2D eigenvalue weighted by atomic mass is 32.2. The lowest BCUT2D eigenvalue weighted by Crippen LogP contribution is -2.34. The van der Waals surface area contributed by atoms with Gasteiger partial charge in [0.05, 0.1) is 4.90 Å². The maximum atomic E-state index is 12.8. The van der Waals surface area contributed by atoms with E-state index in [2.05, 4.69) is 4.72 Å². The van der Waals surface area contributed by atoms with Crippen molar-refractivity contribution in [3.8, 4) is 0 Å². The van der Waals surface area contributed by atoms with Crippen LogP contribution in [-0.2, 0) is 23.0 Å². The first-order valence-corrected chi connectivity index (χ1v) is 8.82. The molecule has 4 nitrogen and oxygen atoms in total. The molecule has 0 radical (unpaired) electrons. The molecular weight excluding hydrogens is 311 g/mol. The summed E-state index contributed by atoms with van der Waals surface area (Å²) in [6.45, 7) is 1.97. The van der Waals surface area contributed by atoms with Crippen LogP contribution >= 0.6 is 11.3 Å². The molecule has 0 amide bonds. The van der Waals surface area contributed by atoms with Crippen LogP contribution in [0.5, 0.6) is 0 Å². The number of nitrogens with two attached hydrogens (primary N) is 1. The Morgan fingerprint density at radius 3 is 2.57 bits per heavy atom. The van der Waals surface area contributed by atoms with Crippen LogP contribution in [0.15, 0.2) is 40.6 Å². The first-order chi connectivity index (χ1) is 9.92. The molecule has 7 heteroatoms. The molecule has 1 heterocycles. The summed E-state index contributed by atoms with van der Waals surface area (Å²) < 4.78 is 40.1. The molecule has 2 aromatic rings. The van der Waals surface area contributed by atoms with E-state index in [9.17, 15) is 12.8 Å². The highest BCUT2D eigenvalue weighted by Gasteiger charge is 2.21. The predicted molar refractivity (Wildman–Crippen MR) is 82.1 cm³/mol. The maximum absolute atomic E-state index is 12.8. The first kappa shape index (κ1) is 16.1. The lowest BCUT2D eigenvalue weighted by Gasteiger charge is -2.14. The number of halogens is 1.